The van der Waals surface area contributed by atoms with Crippen LogP contribution in [0.25, 0.3) is 0 Å². The normalized spacial score (nSPS) is 28.2. The topological polar surface area (TPSA) is 75.7 Å². The summed E-state index contributed by atoms with van der Waals surface area (Å²) >= 11 is 0. The number of urea groups is 1. The number of amides is 4. The fourth-order valence-electron chi connectivity index (χ4n) is 3.25. The molecule has 0 aromatic rings. The average Bonchev–Trinajstić information content (AvgIpc) is 2.34. The molecule has 0 aromatic carbocycles. The van der Waals surface area contributed by atoms with E-state index in [2.05, 4.69) is 12.2 Å². The van der Waals surface area contributed by atoms with Crippen LogP contribution in [0.2, 0.25) is 0 Å². The van der Waals surface area contributed by atoms with Gasteiger partial charge in [0.25, 0.3) is 0 Å². The molecule has 0 aromatic heterocycles. The van der Waals surface area contributed by atoms with Crippen LogP contribution in [0.1, 0.15) is 39.0 Å². The Labute approximate surface area is 117 Å². The maximum atomic E-state index is 12.6. The van der Waals surface area contributed by atoms with Crippen LogP contribution in [-0.2, 0) is 14.3 Å². The molecule has 6 heteroatoms. The molecule has 1 spiro atoms. The number of nitrogens with one attached hydrogen (secondary N) is 1. The Hall–Kier alpha value is -1.43. The number of barbiturate groups is 1. The van der Waals surface area contributed by atoms with Crippen LogP contribution in [0.4, 0.5) is 4.79 Å². The van der Waals surface area contributed by atoms with E-state index in [4.69, 9.17) is 4.74 Å². The van der Waals surface area contributed by atoms with Crippen molar-refractivity contribution in [3.05, 3.63) is 0 Å². The van der Waals surface area contributed by atoms with Crippen molar-refractivity contribution in [3.8, 4) is 0 Å². The molecule has 1 aliphatic carbocycles. The molecule has 110 valence electrons. The molecule has 2 heterocycles. The predicted molar refractivity (Wildman–Crippen MR) is 69.7 cm³/mol. The highest BCUT2D eigenvalue weighted by Crippen LogP contribution is 2.45. The van der Waals surface area contributed by atoms with Crippen LogP contribution in [0, 0.1) is 10.8 Å². The molecule has 4 amide bonds. The minimum absolute atomic E-state index is 0.115. The monoisotopic (exact) mass is 280 g/mol. The highest BCUT2D eigenvalue weighted by atomic mass is 16.5. The first-order valence-corrected chi connectivity index (χ1v) is 7.22. The van der Waals surface area contributed by atoms with Crippen LogP contribution in [0.5, 0.6) is 0 Å². The summed E-state index contributed by atoms with van der Waals surface area (Å²) in [5.74, 6) is -0.711. The zero-order chi connectivity index (χ0) is 14.4. The molecule has 6 nitrogen and oxygen atoms in total. The zero-order valence-corrected chi connectivity index (χ0v) is 11.7. The second kappa shape index (κ2) is 4.55. The molecular weight excluding hydrogens is 260 g/mol. The SMILES string of the molecule is CC1(CN2C(=O)NC(=O)C3(CCC3)C2=O)CCOCC1. The number of hydrogen-bond donors (Lipinski definition) is 1. The highest BCUT2D eigenvalue weighted by Gasteiger charge is 2.57. The molecule has 0 bridgehead atoms. The molecule has 0 atom stereocenters. The van der Waals surface area contributed by atoms with Crippen LogP contribution in [0.3, 0.4) is 0 Å². The fourth-order valence-corrected chi connectivity index (χ4v) is 3.25. The van der Waals surface area contributed by atoms with E-state index in [9.17, 15) is 14.4 Å². The minimum atomic E-state index is -0.963. The van der Waals surface area contributed by atoms with Crippen molar-refractivity contribution in [3.63, 3.8) is 0 Å². The Morgan fingerprint density at radius 3 is 2.35 bits per heavy atom. The Balaban J connectivity index is 1.79. The molecule has 20 heavy (non-hydrogen) atoms. The van der Waals surface area contributed by atoms with E-state index in [1.165, 1.54) is 4.90 Å². The second-order valence-corrected chi connectivity index (χ2v) is 6.51. The van der Waals surface area contributed by atoms with Crippen molar-refractivity contribution < 1.29 is 19.1 Å². The van der Waals surface area contributed by atoms with Gasteiger partial charge in [-0.2, -0.15) is 0 Å². The Morgan fingerprint density at radius 2 is 1.80 bits per heavy atom. The van der Waals surface area contributed by atoms with Crippen LogP contribution >= 0.6 is 0 Å². The van der Waals surface area contributed by atoms with Crippen molar-refractivity contribution in [2.24, 2.45) is 10.8 Å². The Morgan fingerprint density at radius 1 is 1.15 bits per heavy atom. The van der Waals surface area contributed by atoms with Gasteiger partial charge in [0, 0.05) is 19.8 Å². The summed E-state index contributed by atoms with van der Waals surface area (Å²) in [6.07, 6.45) is 3.63. The molecule has 3 aliphatic rings. The highest BCUT2D eigenvalue weighted by molar-refractivity contribution is 6.19. The molecule has 1 N–H and O–H groups in total. The van der Waals surface area contributed by atoms with E-state index in [1.54, 1.807) is 0 Å². The van der Waals surface area contributed by atoms with Gasteiger partial charge in [-0.05, 0) is 31.1 Å². The predicted octanol–water partition coefficient (Wildman–Crippen LogP) is 1.05. The lowest BCUT2D eigenvalue weighted by atomic mass is 9.66. The Bertz CT molecular complexity index is 464. The first-order chi connectivity index (χ1) is 9.47. The van der Waals surface area contributed by atoms with Crippen molar-refractivity contribution in [2.45, 2.75) is 39.0 Å². The number of carbonyl (C=O) groups is 3. The van der Waals surface area contributed by atoms with E-state index in [1.807, 2.05) is 0 Å². The van der Waals surface area contributed by atoms with Gasteiger partial charge < -0.3 is 4.74 Å². The lowest BCUT2D eigenvalue weighted by Crippen LogP contribution is -2.67. The third-order valence-electron chi connectivity index (χ3n) is 5.00. The van der Waals surface area contributed by atoms with Gasteiger partial charge in [0.05, 0.1) is 0 Å². The van der Waals surface area contributed by atoms with E-state index >= 15 is 0 Å². The maximum absolute atomic E-state index is 12.6. The van der Waals surface area contributed by atoms with E-state index < -0.39 is 17.4 Å². The van der Waals surface area contributed by atoms with Crippen LogP contribution in [-0.4, -0.2) is 42.5 Å². The third-order valence-corrected chi connectivity index (χ3v) is 5.00. The summed E-state index contributed by atoms with van der Waals surface area (Å²) in [6.45, 7) is 3.75. The van der Waals surface area contributed by atoms with Gasteiger partial charge in [-0.3, -0.25) is 19.8 Å². The minimum Gasteiger partial charge on any atom is -0.381 e. The quantitative estimate of drug-likeness (QED) is 0.767. The van der Waals surface area contributed by atoms with Gasteiger partial charge >= 0.3 is 6.03 Å². The molecular formula is C14H20N2O4. The van der Waals surface area contributed by atoms with Crippen molar-refractivity contribution in [2.75, 3.05) is 19.8 Å². The molecule has 0 unspecified atom stereocenters. The summed E-state index contributed by atoms with van der Waals surface area (Å²) in [7, 11) is 0. The number of carbonyl (C=O) groups excluding carboxylic acids is 3. The third kappa shape index (κ3) is 1.93. The van der Waals surface area contributed by atoms with Crippen LogP contribution < -0.4 is 5.32 Å². The first kappa shape index (κ1) is 13.5. The summed E-state index contributed by atoms with van der Waals surface area (Å²) < 4.78 is 5.34. The number of imide groups is 2. The first-order valence-electron chi connectivity index (χ1n) is 7.22. The summed E-state index contributed by atoms with van der Waals surface area (Å²) in [4.78, 5) is 37.8. The molecule has 2 saturated heterocycles. The van der Waals surface area contributed by atoms with E-state index in [0.29, 0.717) is 32.6 Å². The van der Waals surface area contributed by atoms with Gasteiger partial charge in [-0.25, -0.2) is 4.79 Å². The second-order valence-electron chi connectivity index (χ2n) is 6.51. The largest absolute Gasteiger partial charge is 0.381 e. The van der Waals surface area contributed by atoms with Gasteiger partial charge in [0.15, 0.2) is 0 Å². The molecule has 2 aliphatic heterocycles. The zero-order valence-electron chi connectivity index (χ0n) is 11.7. The molecule has 1 saturated carbocycles. The molecule has 0 radical (unpaired) electrons. The lowest BCUT2D eigenvalue weighted by molar-refractivity contribution is -0.159. The summed E-state index contributed by atoms with van der Waals surface area (Å²) in [6, 6.07) is -0.565. The number of nitrogens with zero attached hydrogens (tertiary/aromatic N) is 1. The average molecular weight is 280 g/mol. The maximum Gasteiger partial charge on any atom is 0.330 e. The Kier molecular flexibility index (Phi) is 3.08. The van der Waals surface area contributed by atoms with Crippen LogP contribution in [0.15, 0.2) is 0 Å². The molecule has 3 rings (SSSR count). The number of rotatable bonds is 2. The van der Waals surface area contributed by atoms with Crippen molar-refractivity contribution in [1.29, 1.82) is 0 Å². The standard InChI is InChI=1S/C14H20N2O4/c1-13(5-7-20-8-6-13)9-16-11(18)14(3-2-4-14)10(17)15-12(16)19/h2-9H2,1H3,(H,15,17,19). The smallest absolute Gasteiger partial charge is 0.330 e. The fraction of sp³-hybridized carbons (Fsp3) is 0.786. The summed E-state index contributed by atoms with van der Waals surface area (Å²) in [5.41, 5.74) is -1.08. The van der Waals surface area contributed by atoms with Gasteiger partial charge in [0.2, 0.25) is 11.8 Å². The van der Waals surface area contributed by atoms with E-state index in [-0.39, 0.29) is 11.3 Å². The summed E-state index contributed by atoms with van der Waals surface area (Å²) in [5, 5.41) is 2.36. The van der Waals surface area contributed by atoms with Gasteiger partial charge in [-0.15, -0.1) is 0 Å². The van der Waals surface area contributed by atoms with E-state index in [0.717, 1.165) is 19.3 Å². The number of ether oxygens (including phenoxy) is 1. The molecule has 3 fully saturated rings. The lowest BCUT2D eigenvalue weighted by Gasteiger charge is -2.47. The van der Waals surface area contributed by atoms with Crippen molar-refractivity contribution in [1.82, 2.24) is 10.2 Å². The van der Waals surface area contributed by atoms with Crippen molar-refractivity contribution >= 4 is 17.8 Å². The van der Waals surface area contributed by atoms with Gasteiger partial charge in [0.1, 0.15) is 5.41 Å². The van der Waals surface area contributed by atoms with Gasteiger partial charge in [-0.1, -0.05) is 13.3 Å². The number of hydrogen-bond acceptors (Lipinski definition) is 4.